The average molecular weight is 486 g/mol. The van der Waals surface area contributed by atoms with E-state index in [4.69, 9.17) is 11.5 Å². The van der Waals surface area contributed by atoms with Crippen LogP contribution >= 0.6 is 0 Å². The Hall–Kier alpha value is -3.21. The lowest BCUT2D eigenvalue weighted by Gasteiger charge is -2.50. The number of carbonyl (C=O) groups excluding carboxylic acids is 3. The van der Waals surface area contributed by atoms with Gasteiger partial charge in [0.15, 0.2) is 11.4 Å². The van der Waals surface area contributed by atoms with Crippen molar-refractivity contribution in [3.63, 3.8) is 0 Å². The first-order chi connectivity index (χ1) is 16.4. The van der Waals surface area contributed by atoms with E-state index in [1.54, 1.807) is 20.2 Å². The Morgan fingerprint density at radius 2 is 1.86 bits per heavy atom. The number of carbonyl (C=O) groups is 3. The van der Waals surface area contributed by atoms with Crippen LogP contribution in [-0.4, -0.2) is 68.5 Å². The molecule has 0 saturated heterocycles. The molecule has 4 atom stereocenters. The Bertz CT molecular complexity index is 1220. The number of aromatic hydroxyl groups is 1. The van der Waals surface area contributed by atoms with Crippen LogP contribution in [0.1, 0.15) is 46.8 Å². The number of aryl methyl sites for hydroxylation is 1. The molecule has 3 aliphatic rings. The molecule has 1 aromatic rings. The summed E-state index contributed by atoms with van der Waals surface area (Å²) in [4.78, 5) is 40.6. The van der Waals surface area contributed by atoms with Crippen LogP contribution in [0, 0.1) is 11.8 Å². The molecule has 0 aromatic heterocycles. The van der Waals surface area contributed by atoms with Gasteiger partial charge >= 0.3 is 0 Å². The van der Waals surface area contributed by atoms with Crippen molar-refractivity contribution in [2.45, 2.75) is 50.8 Å². The fraction of sp³-hybridized carbons (Fsp3) is 0.480. The molecule has 0 unspecified atom stereocenters. The summed E-state index contributed by atoms with van der Waals surface area (Å²) in [6.07, 6.45) is 1.79. The quantitative estimate of drug-likeness (QED) is 0.323. The van der Waals surface area contributed by atoms with E-state index >= 15 is 0 Å². The van der Waals surface area contributed by atoms with Crippen LogP contribution in [0.25, 0.3) is 0 Å². The number of hydrogen-bond acceptors (Lipinski definition) is 9. The molecule has 3 aliphatic carbocycles. The molecule has 10 heteroatoms. The molecule has 1 aromatic carbocycles. The summed E-state index contributed by atoms with van der Waals surface area (Å²) in [6.45, 7) is 1.99. The molecule has 0 radical (unpaired) electrons. The Morgan fingerprint density at radius 3 is 2.40 bits per heavy atom. The number of hydrogen-bond donors (Lipinski definition) is 6. The van der Waals surface area contributed by atoms with Gasteiger partial charge in [0, 0.05) is 23.6 Å². The molecule has 35 heavy (non-hydrogen) atoms. The normalized spacial score (nSPS) is 28.2. The largest absolute Gasteiger partial charge is 0.510 e. The Kier molecular flexibility index (Phi) is 6.03. The number of aliphatic hydroxyl groups excluding tert-OH is 2. The molecule has 0 bridgehead atoms. The van der Waals surface area contributed by atoms with E-state index in [1.165, 1.54) is 4.90 Å². The zero-order chi connectivity index (χ0) is 26.0. The van der Waals surface area contributed by atoms with Crippen molar-refractivity contribution in [2.75, 3.05) is 14.1 Å². The highest BCUT2D eigenvalue weighted by molar-refractivity contribution is 6.24. The molecule has 10 nitrogen and oxygen atoms in total. The van der Waals surface area contributed by atoms with E-state index in [2.05, 4.69) is 0 Å². The number of likely N-dealkylation sites (N-methyl/N-ethyl adjacent to an activating group) is 1. The molecule has 1 amide bonds. The first kappa shape index (κ1) is 24.9. The van der Waals surface area contributed by atoms with Gasteiger partial charge in [0.05, 0.1) is 11.6 Å². The molecule has 0 heterocycles. The van der Waals surface area contributed by atoms with Crippen molar-refractivity contribution >= 4 is 17.5 Å². The van der Waals surface area contributed by atoms with Crippen LogP contribution in [0.5, 0.6) is 5.75 Å². The van der Waals surface area contributed by atoms with Gasteiger partial charge in [0.25, 0.3) is 5.91 Å². The summed E-state index contributed by atoms with van der Waals surface area (Å²) < 4.78 is 0. The third-order valence-corrected chi connectivity index (χ3v) is 7.63. The van der Waals surface area contributed by atoms with Crippen molar-refractivity contribution in [1.82, 2.24) is 4.90 Å². The molecule has 0 aliphatic heterocycles. The smallest absolute Gasteiger partial charge is 0.255 e. The molecular formula is C25H31N3O7. The standard InChI is InChI=1S/C25H31N3O7/c1-4-5-10-6-12(9-26)19(29)16-13(10)7-11-8-14-18(28(2)3)21(31)17(24(27)34)23(33)25(14,35)22(32)15(11)20(16)30/h6,11,14,18,29,31-32,35H,4-5,7-9,26H2,1-3H3,(H2,27,34)/t11-,14-,18-,25-/m0/s1. The van der Waals surface area contributed by atoms with Crippen molar-refractivity contribution in [3.8, 4) is 5.75 Å². The lowest BCUT2D eigenvalue weighted by molar-refractivity contribution is -0.148. The van der Waals surface area contributed by atoms with Gasteiger partial charge in [0.1, 0.15) is 22.8 Å². The number of phenols is 1. The number of Topliss-reactive ketones (excluding diaryl/α,β-unsaturated/α-hetero) is 2. The van der Waals surface area contributed by atoms with Crippen LogP contribution in [0.2, 0.25) is 0 Å². The minimum absolute atomic E-state index is 0.00137. The van der Waals surface area contributed by atoms with E-state index in [-0.39, 0.29) is 36.3 Å². The lowest BCUT2D eigenvalue weighted by Crippen LogP contribution is -2.63. The summed E-state index contributed by atoms with van der Waals surface area (Å²) in [6, 6.07) is 0.780. The summed E-state index contributed by atoms with van der Waals surface area (Å²) in [7, 11) is 3.19. The van der Waals surface area contributed by atoms with Crippen molar-refractivity contribution in [3.05, 3.63) is 51.0 Å². The fourth-order valence-electron chi connectivity index (χ4n) is 6.11. The van der Waals surface area contributed by atoms with Gasteiger partial charge in [-0.2, -0.15) is 0 Å². The van der Waals surface area contributed by atoms with Gasteiger partial charge < -0.3 is 31.9 Å². The van der Waals surface area contributed by atoms with E-state index in [0.29, 0.717) is 17.5 Å². The fourth-order valence-corrected chi connectivity index (χ4v) is 6.11. The van der Waals surface area contributed by atoms with Crippen molar-refractivity contribution < 1.29 is 34.8 Å². The monoisotopic (exact) mass is 485 g/mol. The summed E-state index contributed by atoms with van der Waals surface area (Å²) in [5.74, 6) is -6.55. The Balaban J connectivity index is 1.98. The maximum atomic E-state index is 13.7. The Morgan fingerprint density at radius 1 is 1.20 bits per heavy atom. The van der Waals surface area contributed by atoms with E-state index in [1.807, 2.05) is 6.92 Å². The number of nitrogens with two attached hydrogens (primary N) is 2. The number of rotatable bonds is 5. The summed E-state index contributed by atoms with van der Waals surface area (Å²) in [5.41, 5.74) is 9.41. The number of phenolic OH excluding ortho intramolecular Hbond substituents is 1. The SMILES string of the molecule is CCCc1cc(CN)c(O)c2c1C[C@H]1C[C@H]3[C@H](N(C)C)C(O)=C(C(N)=O)C(=O)[C@@]3(O)C(O)=C1C2=O. The second kappa shape index (κ2) is 8.47. The third kappa shape index (κ3) is 3.31. The average Bonchev–Trinajstić information content (AvgIpc) is 2.77. The number of aliphatic hydroxyl groups is 3. The zero-order valence-corrected chi connectivity index (χ0v) is 20.0. The molecule has 0 spiro atoms. The molecule has 0 saturated carbocycles. The topological polar surface area (TPSA) is 187 Å². The van der Waals surface area contributed by atoms with Gasteiger partial charge in [-0.3, -0.25) is 19.3 Å². The Labute approximate surface area is 202 Å². The number of ketones is 2. The molecule has 8 N–H and O–H groups in total. The van der Waals surface area contributed by atoms with E-state index < -0.39 is 58.0 Å². The van der Waals surface area contributed by atoms with Crippen LogP contribution in [0.15, 0.2) is 28.7 Å². The maximum absolute atomic E-state index is 13.7. The number of fused-ring (bicyclic) bond motifs is 3. The molecule has 0 fully saturated rings. The number of allylic oxidation sites excluding steroid dienone is 1. The van der Waals surface area contributed by atoms with Crippen LogP contribution in [0.4, 0.5) is 0 Å². The molecule has 188 valence electrons. The van der Waals surface area contributed by atoms with Crippen molar-refractivity contribution in [2.24, 2.45) is 23.3 Å². The lowest BCUT2D eigenvalue weighted by atomic mass is 9.58. The van der Waals surface area contributed by atoms with Gasteiger partial charge in [-0.25, -0.2) is 0 Å². The van der Waals surface area contributed by atoms with E-state index in [9.17, 15) is 34.8 Å². The molecular weight excluding hydrogens is 454 g/mol. The maximum Gasteiger partial charge on any atom is 0.255 e. The van der Waals surface area contributed by atoms with Gasteiger partial charge in [0.2, 0.25) is 5.78 Å². The van der Waals surface area contributed by atoms with E-state index in [0.717, 1.165) is 12.0 Å². The van der Waals surface area contributed by atoms with Crippen molar-refractivity contribution in [1.29, 1.82) is 0 Å². The molecule has 4 rings (SSSR count). The second-order valence-corrected chi connectivity index (χ2v) is 9.81. The minimum atomic E-state index is -2.64. The number of nitrogens with zero attached hydrogens (tertiary/aromatic N) is 1. The highest BCUT2D eigenvalue weighted by Gasteiger charge is 2.63. The first-order valence-corrected chi connectivity index (χ1v) is 11.6. The predicted octanol–water partition coefficient (Wildman–Crippen LogP) is 0.532. The number of benzene rings is 1. The first-order valence-electron chi connectivity index (χ1n) is 11.6. The highest BCUT2D eigenvalue weighted by Crippen LogP contribution is 2.52. The second-order valence-electron chi connectivity index (χ2n) is 9.81. The zero-order valence-electron chi connectivity index (χ0n) is 20.0. The van der Waals surface area contributed by atoms with Gasteiger partial charge in [-0.05, 0) is 50.4 Å². The third-order valence-electron chi connectivity index (χ3n) is 7.63. The van der Waals surface area contributed by atoms with Gasteiger partial charge in [-0.15, -0.1) is 0 Å². The predicted molar refractivity (Wildman–Crippen MR) is 126 cm³/mol. The van der Waals surface area contributed by atoms with Crippen LogP contribution < -0.4 is 11.5 Å². The van der Waals surface area contributed by atoms with Gasteiger partial charge in [-0.1, -0.05) is 19.4 Å². The van der Waals surface area contributed by atoms with Crippen LogP contribution in [-0.2, 0) is 29.0 Å². The number of amides is 1. The highest BCUT2D eigenvalue weighted by atomic mass is 16.3. The number of primary amides is 1. The summed E-state index contributed by atoms with van der Waals surface area (Å²) >= 11 is 0. The van der Waals surface area contributed by atoms with Crippen LogP contribution in [0.3, 0.4) is 0 Å². The summed E-state index contributed by atoms with van der Waals surface area (Å²) in [5, 5.41) is 44.6. The minimum Gasteiger partial charge on any atom is -0.510 e.